The fraction of sp³-hybridized carbons (Fsp3) is 0.818. The van der Waals surface area contributed by atoms with Crippen LogP contribution in [0.15, 0.2) is 0 Å². The van der Waals surface area contributed by atoms with Gasteiger partial charge in [0.25, 0.3) is 0 Å². The first-order valence-corrected chi connectivity index (χ1v) is 5.79. The lowest BCUT2D eigenvalue weighted by molar-refractivity contribution is -0.124. The minimum atomic E-state index is -0.0865. The Labute approximate surface area is 102 Å². The van der Waals surface area contributed by atoms with E-state index in [0.29, 0.717) is 32.7 Å². The molecule has 6 nitrogen and oxygen atoms in total. The molecule has 17 heavy (non-hydrogen) atoms. The van der Waals surface area contributed by atoms with Gasteiger partial charge in [-0.15, -0.1) is 0 Å². The van der Waals surface area contributed by atoms with Gasteiger partial charge in [0.2, 0.25) is 11.8 Å². The van der Waals surface area contributed by atoms with E-state index < -0.39 is 0 Å². The molecule has 6 heteroatoms. The van der Waals surface area contributed by atoms with Crippen molar-refractivity contribution >= 4 is 11.8 Å². The molecule has 0 aliphatic rings. The summed E-state index contributed by atoms with van der Waals surface area (Å²) in [5.41, 5.74) is 0. The van der Waals surface area contributed by atoms with E-state index in [4.69, 9.17) is 4.74 Å². The lowest BCUT2D eigenvalue weighted by Crippen LogP contribution is -2.37. The van der Waals surface area contributed by atoms with Gasteiger partial charge in [0, 0.05) is 39.1 Å². The van der Waals surface area contributed by atoms with Gasteiger partial charge in [0.05, 0.1) is 6.61 Å². The Morgan fingerprint density at radius 1 is 1.24 bits per heavy atom. The SMILES string of the molecule is CNCC(C)C(=O)NCCC(=O)NCCOC. The molecular weight excluding hydrogens is 222 g/mol. The number of hydrogen-bond acceptors (Lipinski definition) is 4. The molecule has 0 spiro atoms. The van der Waals surface area contributed by atoms with E-state index >= 15 is 0 Å². The average molecular weight is 245 g/mol. The zero-order chi connectivity index (χ0) is 13.1. The highest BCUT2D eigenvalue weighted by atomic mass is 16.5. The summed E-state index contributed by atoms with van der Waals surface area (Å²) in [6, 6.07) is 0. The van der Waals surface area contributed by atoms with Crippen molar-refractivity contribution in [2.45, 2.75) is 13.3 Å². The Balaban J connectivity index is 3.55. The van der Waals surface area contributed by atoms with Crippen LogP contribution in [-0.4, -0.2) is 52.2 Å². The summed E-state index contributed by atoms with van der Waals surface area (Å²) in [4.78, 5) is 22.7. The van der Waals surface area contributed by atoms with Crippen molar-refractivity contribution in [3.8, 4) is 0 Å². The van der Waals surface area contributed by atoms with E-state index in [0.717, 1.165) is 0 Å². The van der Waals surface area contributed by atoms with E-state index in [1.165, 1.54) is 0 Å². The van der Waals surface area contributed by atoms with Crippen molar-refractivity contribution in [2.24, 2.45) is 5.92 Å². The molecule has 0 heterocycles. The highest BCUT2D eigenvalue weighted by Gasteiger charge is 2.11. The molecule has 0 saturated heterocycles. The third kappa shape index (κ3) is 8.65. The quantitative estimate of drug-likeness (QED) is 0.460. The van der Waals surface area contributed by atoms with E-state index in [1.807, 2.05) is 6.92 Å². The van der Waals surface area contributed by atoms with Gasteiger partial charge >= 0.3 is 0 Å². The smallest absolute Gasteiger partial charge is 0.224 e. The molecule has 3 N–H and O–H groups in total. The molecular formula is C11H23N3O3. The third-order valence-corrected chi connectivity index (χ3v) is 2.24. The van der Waals surface area contributed by atoms with E-state index in [1.54, 1.807) is 14.2 Å². The first kappa shape index (κ1) is 15.9. The average Bonchev–Trinajstić information content (AvgIpc) is 2.29. The largest absolute Gasteiger partial charge is 0.383 e. The summed E-state index contributed by atoms with van der Waals surface area (Å²) < 4.78 is 4.80. The Kier molecular flexibility index (Phi) is 9.37. The van der Waals surface area contributed by atoms with Crippen LogP contribution in [0.2, 0.25) is 0 Å². The molecule has 0 aromatic rings. The van der Waals surface area contributed by atoms with Crippen molar-refractivity contribution < 1.29 is 14.3 Å². The first-order valence-electron chi connectivity index (χ1n) is 5.79. The van der Waals surface area contributed by atoms with Gasteiger partial charge in [-0.05, 0) is 7.05 Å². The van der Waals surface area contributed by atoms with Crippen molar-refractivity contribution in [3.05, 3.63) is 0 Å². The van der Waals surface area contributed by atoms with Gasteiger partial charge < -0.3 is 20.7 Å². The third-order valence-electron chi connectivity index (χ3n) is 2.24. The maximum Gasteiger partial charge on any atom is 0.224 e. The Morgan fingerprint density at radius 2 is 1.94 bits per heavy atom. The van der Waals surface area contributed by atoms with Crippen LogP contribution in [0.1, 0.15) is 13.3 Å². The lowest BCUT2D eigenvalue weighted by Gasteiger charge is -2.11. The van der Waals surface area contributed by atoms with Crippen molar-refractivity contribution in [1.29, 1.82) is 0 Å². The standard InChI is InChI=1S/C11H23N3O3/c1-9(8-12-2)11(16)14-5-4-10(15)13-6-7-17-3/h9,12H,4-8H2,1-3H3,(H,13,15)(H,14,16). The number of nitrogens with one attached hydrogen (secondary N) is 3. The molecule has 0 aromatic carbocycles. The molecule has 0 fully saturated rings. The van der Waals surface area contributed by atoms with Crippen LogP contribution in [0.5, 0.6) is 0 Å². The molecule has 0 aliphatic heterocycles. The summed E-state index contributed by atoms with van der Waals surface area (Å²) in [5.74, 6) is -0.204. The van der Waals surface area contributed by atoms with Crippen LogP contribution in [0.4, 0.5) is 0 Å². The molecule has 0 aliphatic carbocycles. The highest BCUT2D eigenvalue weighted by Crippen LogP contribution is 1.91. The number of methoxy groups -OCH3 is 1. The van der Waals surface area contributed by atoms with Crippen LogP contribution in [-0.2, 0) is 14.3 Å². The molecule has 100 valence electrons. The monoisotopic (exact) mass is 245 g/mol. The Bertz CT molecular complexity index is 234. The van der Waals surface area contributed by atoms with Gasteiger partial charge in [-0.2, -0.15) is 0 Å². The zero-order valence-electron chi connectivity index (χ0n) is 10.8. The number of ether oxygens (including phenoxy) is 1. The summed E-state index contributed by atoms with van der Waals surface area (Å²) in [6.07, 6.45) is 0.293. The van der Waals surface area contributed by atoms with Crippen molar-refractivity contribution in [2.75, 3.05) is 40.4 Å². The number of hydrogen-bond donors (Lipinski definition) is 3. The fourth-order valence-corrected chi connectivity index (χ4v) is 1.25. The van der Waals surface area contributed by atoms with Crippen molar-refractivity contribution in [3.63, 3.8) is 0 Å². The van der Waals surface area contributed by atoms with E-state index in [9.17, 15) is 9.59 Å². The summed E-state index contributed by atoms with van der Waals surface area (Å²) in [5, 5.41) is 8.33. The second-order valence-corrected chi connectivity index (χ2v) is 3.84. The molecule has 0 aromatic heterocycles. The molecule has 0 saturated carbocycles. The normalized spacial score (nSPS) is 11.9. The van der Waals surface area contributed by atoms with E-state index in [-0.39, 0.29) is 17.7 Å². The van der Waals surface area contributed by atoms with Crippen LogP contribution in [0.25, 0.3) is 0 Å². The number of amides is 2. The van der Waals surface area contributed by atoms with Crippen LogP contribution < -0.4 is 16.0 Å². The number of rotatable bonds is 9. The Morgan fingerprint density at radius 3 is 2.53 bits per heavy atom. The lowest BCUT2D eigenvalue weighted by atomic mass is 10.1. The Hall–Kier alpha value is -1.14. The summed E-state index contributed by atoms with van der Waals surface area (Å²) in [7, 11) is 3.38. The van der Waals surface area contributed by atoms with Crippen LogP contribution >= 0.6 is 0 Å². The topological polar surface area (TPSA) is 79.5 Å². The molecule has 2 amide bonds. The predicted octanol–water partition coefficient (Wildman–Crippen LogP) is -0.889. The molecule has 1 atom stereocenters. The maximum absolute atomic E-state index is 11.5. The minimum Gasteiger partial charge on any atom is -0.383 e. The van der Waals surface area contributed by atoms with Gasteiger partial charge in [-0.1, -0.05) is 6.92 Å². The number of carbonyl (C=O) groups excluding carboxylic acids is 2. The second kappa shape index (κ2) is 10.0. The zero-order valence-corrected chi connectivity index (χ0v) is 10.8. The first-order chi connectivity index (χ1) is 8.11. The predicted molar refractivity (Wildman–Crippen MR) is 65.6 cm³/mol. The highest BCUT2D eigenvalue weighted by molar-refractivity contribution is 5.80. The van der Waals surface area contributed by atoms with Crippen molar-refractivity contribution in [1.82, 2.24) is 16.0 Å². The summed E-state index contributed by atoms with van der Waals surface area (Å²) >= 11 is 0. The second-order valence-electron chi connectivity index (χ2n) is 3.84. The molecule has 0 radical (unpaired) electrons. The van der Waals surface area contributed by atoms with Gasteiger partial charge in [0.15, 0.2) is 0 Å². The molecule has 0 bridgehead atoms. The van der Waals surface area contributed by atoms with Crippen LogP contribution in [0, 0.1) is 5.92 Å². The molecule has 1 unspecified atom stereocenters. The van der Waals surface area contributed by atoms with E-state index in [2.05, 4.69) is 16.0 Å². The van der Waals surface area contributed by atoms with Gasteiger partial charge in [-0.25, -0.2) is 0 Å². The van der Waals surface area contributed by atoms with Gasteiger partial charge in [0.1, 0.15) is 0 Å². The maximum atomic E-state index is 11.5. The van der Waals surface area contributed by atoms with Gasteiger partial charge in [-0.3, -0.25) is 9.59 Å². The minimum absolute atomic E-state index is 0.0379. The fourth-order valence-electron chi connectivity index (χ4n) is 1.25. The summed E-state index contributed by atoms with van der Waals surface area (Å²) in [6.45, 7) is 3.83. The molecule has 0 rings (SSSR count). The number of carbonyl (C=O) groups is 2. The van der Waals surface area contributed by atoms with Crippen LogP contribution in [0.3, 0.4) is 0 Å².